The minimum absolute atomic E-state index is 0.0391. The number of pyridine rings is 1. The van der Waals surface area contributed by atoms with Crippen LogP contribution in [0.4, 0.5) is 5.69 Å². The fourth-order valence-corrected chi connectivity index (χ4v) is 3.57. The first-order chi connectivity index (χ1) is 11.3. The lowest BCUT2D eigenvalue weighted by Gasteiger charge is -2.10. The SMILES string of the molecule is CC(=O)c1cccc(S(=O)(=O)Nc2cccn3c(C)c(C)nc23)c1. The van der Waals surface area contributed by atoms with Crippen molar-refractivity contribution < 1.29 is 13.2 Å². The normalized spacial score (nSPS) is 11.6. The Labute approximate surface area is 140 Å². The Morgan fingerprint density at radius 2 is 1.92 bits per heavy atom. The molecular formula is C17H17N3O3S. The molecule has 1 N–H and O–H groups in total. The van der Waals surface area contributed by atoms with Crippen LogP contribution in [0, 0.1) is 13.8 Å². The van der Waals surface area contributed by atoms with E-state index in [1.165, 1.54) is 19.1 Å². The number of aromatic nitrogens is 2. The van der Waals surface area contributed by atoms with Gasteiger partial charge in [-0.1, -0.05) is 12.1 Å². The number of sulfonamides is 1. The number of hydrogen-bond donors (Lipinski definition) is 1. The van der Waals surface area contributed by atoms with E-state index in [-0.39, 0.29) is 10.7 Å². The summed E-state index contributed by atoms with van der Waals surface area (Å²) in [4.78, 5) is 15.9. The number of rotatable bonds is 4. The van der Waals surface area contributed by atoms with Crippen LogP contribution in [0.5, 0.6) is 0 Å². The third-order valence-electron chi connectivity index (χ3n) is 3.92. The molecule has 0 radical (unpaired) electrons. The van der Waals surface area contributed by atoms with Gasteiger partial charge in [0.1, 0.15) is 0 Å². The molecule has 0 saturated heterocycles. The monoisotopic (exact) mass is 343 g/mol. The van der Waals surface area contributed by atoms with Crippen molar-refractivity contribution in [2.75, 3.05) is 4.72 Å². The summed E-state index contributed by atoms with van der Waals surface area (Å²) in [6, 6.07) is 9.38. The van der Waals surface area contributed by atoms with Crippen LogP contribution >= 0.6 is 0 Å². The van der Waals surface area contributed by atoms with Crippen LogP contribution in [-0.2, 0) is 10.0 Å². The van der Waals surface area contributed by atoms with Crippen LogP contribution in [0.3, 0.4) is 0 Å². The van der Waals surface area contributed by atoms with Gasteiger partial charge in [0.05, 0.1) is 16.3 Å². The number of aryl methyl sites for hydroxylation is 2. The van der Waals surface area contributed by atoms with E-state index in [1.807, 2.05) is 24.4 Å². The van der Waals surface area contributed by atoms with Crippen molar-refractivity contribution in [3.8, 4) is 0 Å². The zero-order valence-electron chi connectivity index (χ0n) is 13.6. The van der Waals surface area contributed by atoms with Gasteiger partial charge in [0.2, 0.25) is 0 Å². The van der Waals surface area contributed by atoms with Crippen LogP contribution in [-0.4, -0.2) is 23.6 Å². The van der Waals surface area contributed by atoms with E-state index in [4.69, 9.17) is 0 Å². The highest BCUT2D eigenvalue weighted by molar-refractivity contribution is 7.92. The summed E-state index contributed by atoms with van der Waals surface area (Å²) in [5.74, 6) is -0.186. The Morgan fingerprint density at radius 1 is 1.17 bits per heavy atom. The average molecular weight is 343 g/mol. The van der Waals surface area contributed by atoms with Crippen LogP contribution in [0.25, 0.3) is 5.65 Å². The number of Topliss-reactive ketones (excluding diaryl/α,β-unsaturated/α-hetero) is 1. The molecule has 0 bridgehead atoms. The predicted molar refractivity (Wildman–Crippen MR) is 91.9 cm³/mol. The first-order valence-corrected chi connectivity index (χ1v) is 8.86. The third kappa shape index (κ3) is 2.78. The van der Waals surface area contributed by atoms with Gasteiger partial charge in [-0.25, -0.2) is 13.4 Å². The van der Waals surface area contributed by atoms with Gasteiger partial charge in [-0.2, -0.15) is 0 Å². The third-order valence-corrected chi connectivity index (χ3v) is 5.28. The second-order valence-electron chi connectivity index (χ2n) is 5.59. The van der Waals surface area contributed by atoms with E-state index in [2.05, 4.69) is 9.71 Å². The molecule has 1 aromatic carbocycles. The van der Waals surface area contributed by atoms with Crippen molar-refractivity contribution in [2.24, 2.45) is 0 Å². The predicted octanol–water partition coefficient (Wildman–Crippen LogP) is 2.95. The van der Waals surface area contributed by atoms with Crippen molar-refractivity contribution in [3.63, 3.8) is 0 Å². The molecule has 0 atom stereocenters. The average Bonchev–Trinajstić information content (AvgIpc) is 2.84. The number of carbonyl (C=O) groups is 1. The van der Waals surface area contributed by atoms with Crippen molar-refractivity contribution >= 4 is 27.1 Å². The summed E-state index contributed by atoms with van der Waals surface area (Å²) >= 11 is 0. The topological polar surface area (TPSA) is 80.5 Å². The Bertz CT molecular complexity index is 1050. The van der Waals surface area contributed by atoms with E-state index in [1.54, 1.807) is 24.3 Å². The number of hydrogen-bond acceptors (Lipinski definition) is 4. The molecule has 2 aromatic heterocycles. The van der Waals surface area contributed by atoms with Gasteiger partial charge in [0, 0.05) is 17.5 Å². The van der Waals surface area contributed by atoms with Crippen molar-refractivity contribution in [3.05, 3.63) is 59.5 Å². The van der Waals surface area contributed by atoms with Crippen LogP contribution in [0.15, 0.2) is 47.5 Å². The van der Waals surface area contributed by atoms with Gasteiger partial charge < -0.3 is 4.40 Å². The number of nitrogens with zero attached hydrogens (tertiary/aromatic N) is 2. The Balaban J connectivity index is 2.06. The standard InChI is InChI=1S/C17H17N3O3S/c1-11-12(2)20-9-5-8-16(17(20)18-11)19-24(22,23)15-7-4-6-14(10-15)13(3)21/h4-10,19H,1-3H3. The van der Waals surface area contributed by atoms with E-state index >= 15 is 0 Å². The van der Waals surface area contributed by atoms with Gasteiger partial charge in [0.15, 0.2) is 11.4 Å². The molecule has 2 heterocycles. The summed E-state index contributed by atoms with van der Waals surface area (Å²) in [5, 5.41) is 0. The lowest BCUT2D eigenvalue weighted by Crippen LogP contribution is -2.14. The lowest BCUT2D eigenvalue weighted by atomic mass is 10.2. The fourth-order valence-electron chi connectivity index (χ4n) is 2.46. The molecule has 0 aliphatic heterocycles. The highest BCUT2D eigenvalue weighted by Crippen LogP contribution is 2.23. The zero-order valence-corrected chi connectivity index (χ0v) is 14.4. The summed E-state index contributed by atoms with van der Waals surface area (Å²) in [5.41, 5.74) is 3.06. The summed E-state index contributed by atoms with van der Waals surface area (Å²) < 4.78 is 29.7. The van der Waals surface area contributed by atoms with E-state index in [9.17, 15) is 13.2 Å². The number of carbonyl (C=O) groups excluding carboxylic acids is 1. The number of anilines is 1. The maximum Gasteiger partial charge on any atom is 0.262 e. The number of fused-ring (bicyclic) bond motifs is 1. The number of nitrogens with one attached hydrogen (secondary N) is 1. The maximum atomic E-state index is 12.7. The molecule has 0 fully saturated rings. The maximum absolute atomic E-state index is 12.7. The highest BCUT2D eigenvalue weighted by Gasteiger charge is 2.18. The van der Waals surface area contributed by atoms with Crippen LogP contribution in [0.1, 0.15) is 28.7 Å². The molecule has 24 heavy (non-hydrogen) atoms. The summed E-state index contributed by atoms with van der Waals surface area (Å²) in [6.07, 6.45) is 1.83. The van der Waals surface area contributed by atoms with Crippen molar-refractivity contribution in [2.45, 2.75) is 25.7 Å². The largest absolute Gasteiger partial charge is 0.302 e. The van der Waals surface area contributed by atoms with Gasteiger partial charge >= 0.3 is 0 Å². The highest BCUT2D eigenvalue weighted by atomic mass is 32.2. The second-order valence-corrected chi connectivity index (χ2v) is 7.27. The Morgan fingerprint density at radius 3 is 2.62 bits per heavy atom. The molecule has 0 amide bonds. The molecule has 124 valence electrons. The molecule has 0 unspecified atom stereocenters. The van der Waals surface area contributed by atoms with E-state index < -0.39 is 10.0 Å². The molecule has 0 aliphatic carbocycles. The van der Waals surface area contributed by atoms with Crippen LogP contribution in [0.2, 0.25) is 0 Å². The first-order valence-electron chi connectivity index (χ1n) is 7.38. The molecule has 0 saturated carbocycles. The number of ketones is 1. The minimum atomic E-state index is -3.82. The van der Waals surface area contributed by atoms with E-state index in [0.29, 0.717) is 16.9 Å². The van der Waals surface area contributed by atoms with Gasteiger partial charge in [-0.05, 0) is 45.0 Å². The second kappa shape index (κ2) is 5.76. The van der Waals surface area contributed by atoms with Crippen LogP contribution < -0.4 is 4.72 Å². The quantitative estimate of drug-likeness (QED) is 0.739. The van der Waals surface area contributed by atoms with Gasteiger partial charge in [-0.15, -0.1) is 0 Å². The first kappa shape index (κ1) is 16.2. The Hall–Kier alpha value is -2.67. The number of imidazole rings is 1. The Kier molecular flexibility index (Phi) is 3.88. The molecule has 0 aliphatic rings. The zero-order chi connectivity index (χ0) is 17.5. The molecule has 3 rings (SSSR count). The molecule has 0 spiro atoms. The molecule has 3 aromatic rings. The molecular weight excluding hydrogens is 326 g/mol. The summed E-state index contributed by atoms with van der Waals surface area (Å²) in [7, 11) is -3.82. The number of benzene rings is 1. The minimum Gasteiger partial charge on any atom is -0.302 e. The smallest absolute Gasteiger partial charge is 0.262 e. The summed E-state index contributed by atoms with van der Waals surface area (Å²) in [6.45, 7) is 5.19. The van der Waals surface area contributed by atoms with Crippen molar-refractivity contribution in [1.82, 2.24) is 9.38 Å². The fraction of sp³-hybridized carbons (Fsp3) is 0.176. The van der Waals surface area contributed by atoms with Gasteiger partial charge in [-0.3, -0.25) is 9.52 Å². The molecule has 6 nitrogen and oxygen atoms in total. The van der Waals surface area contributed by atoms with Crippen molar-refractivity contribution in [1.29, 1.82) is 0 Å². The van der Waals surface area contributed by atoms with E-state index in [0.717, 1.165) is 11.4 Å². The van der Waals surface area contributed by atoms with Gasteiger partial charge in [0.25, 0.3) is 10.0 Å². The molecule has 7 heteroatoms. The lowest BCUT2D eigenvalue weighted by molar-refractivity contribution is 0.101.